The van der Waals surface area contributed by atoms with E-state index in [9.17, 15) is 14.4 Å². The number of urea groups is 1. The number of carbonyl (C=O) groups excluding carboxylic acids is 2. The molecule has 8 nitrogen and oxygen atoms in total. The minimum Gasteiger partial charge on any atom is -0.475 e. The van der Waals surface area contributed by atoms with Crippen molar-refractivity contribution in [3.8, 4) is 0 Å². The lowest BCUT2D eigenvalue weighted by molar-refractivity contribution is -0.121. The quantitative estimate of drug-likeness (QED) is 0.590. The van der Waals surface area contributed by atoms with Crippen molar-refractivity contribution in [1.82, 2.24) is 16.0 Å². The molecule has 0 spiro atoms. The number of hydrogen-bond donors (Lipinski definition) is 4. The Morgan fingerprint density at radius 3 is 2.52 bits per heavy atom. The lowest BCUT2D eigenvalue weighted by Crippen LogP contribution is -2.38. The minimum atomic E-state index is -1.16. The van der Waals surface area contributed by atoms with Gasteiger partial charge >= 0.3 is 12.0 Å². The number of carboxylic acids is 1. The smallest absolute Gasteiger partial charge is 0.371 e. The molecule has 0 aromatic carbocycles. The zero-order valence-electron chi connectivity index (χ0n) is 11.9. The first kappa shape index (κ1) is 16.5. The summed E-state index contributed by atoms with van der Waals surface area (Å²) in [6, 6.07) is 2.39. The van der Waals surface area contributed by atoms with Crippen LogP contribution in [0.1, 0.15) is 36.6 Å². The molecule has 0 radical (unpaired) electrons. The van der Waals surface area contributed by atoms with E-state index in [2.05, 4.69) is 16.0 Å². The molecule has 0 saturated carbocycles. The summed E-state index contributed by atoms with van der Waals surface area (Å²) in [5, 5.41) is 16.4. The number of carbonyl (C=O) groups is 3. The van der Waals surface area contributed by atoms with Crippen LogP contribution >= 0.6 is 0 Å². The Morgan fingerprint density at radius 2 is 1.95 bits per heavy atom. The predicted molar refractivity (Wildman–Crippen MR) is 73.8 cm³/mol. The predicted octanol–water partition coefficient (Wildman–Crippen LogP) is 0.692. The average molecular weight is 297 g/mol. The van der Waals surface area contributed by atoms with E-state index >= 15 is 0 Å². The number of aromatic carboxylic acids is 1. The molecule has 0 fully saturated rings. The first-order valence-corrected chi connectivity index (χ1v) is 6.51. The molecular formula is C13H19N3O5. The van der Waals surface area contributed by atoms with E-state index in [0.29, 0.717) is 5.76 Å². The molecule has 3 amide bonds. The van der Waals surface area contributed by atoms with Crippen LogP contribution in [0.2, 0.25) is 0 Å². The molecule has 8 heteroatoms. The van der Waals surface area contributed by atoms with Crippen LogP contribution in [0.15, 0.2) is 16.5 Å². The number of furan rings is 1. The Morgan fingerprint density at radius 1 is 1.24 bits per heavy atom. The van der Waals surface area contributed by atoms with Gasteiger partial charge in [0.05, 0.1) is 6.54 Å². The first-order chi connectivity index (χ1) is 9.88. The van der Waals surface area contributed by atoms with Gasteiger partial charge in [-0.05, 0) is 26.0 Å². The lowest BCUT2D eigenvalue weighted by Gasteiger charge is -2.09. The fraction of sp³-hybridized carbons (Fsp3) is 0.462. The molecule has 0 aliphatic carbocycles. The summed E-state index contributed by atoms with van der Waals surface area (Å²) in [5.74, 6) is -1.15. The summed E-state index contributed by atoms with van der Waals surface area (Å²) < 4.78 is 4.98. The van der Waals surface area contributed by atoms with Gasteiger partial charge in [-0.15, -0.1) is 0 Å². The van der Waals surface area contributed by atoms with Crippen molar-refractivity contribution in [2.24, 2.45) is 0 Å². The average Bonchev–Trinajstić information content (AvgIpc) is 2.84. The van der Waals surface area contributed by atoms with E-state index in [4.69, 9.17) is 9.52 Å². The van der Waals surface area contributed by atoms with Crippen LogP contribution in [-0.4, -0.2) is 35.6 Å². The van der Waals surface area contributed by atoms with Gasteiger partial charge in [-0.1, -0.05) is 0 Å². The van der Waals surface area contributed by atoms with Gasteiger partial charge in [0.15, 0.2) is 0 Å². The number of nitrogens with one attached hydrogen (secondary N) is 3. The van der Waals surface area contributed by atoms with Gasteiger partial charge in [-0.2, -0.15) is 0 Å². The van der Waals surface area contributed by atoms with Crippen molar-refractivity contribution in [1.29, 1.82) is 0 Å². The van der Waals surface area contributed by atoms with Gasteiger partial charge in [-0.3, -0.25) is 4.79 Å². The first-order valence-electron chi connectivity index (χ1n) is 6.51. The zero-order chi connectivity index (χ0) is 15.8. The summed E-state index contributed by atoms with van der Waals surface area (Å²) in [5.41, 5.74) is 0. The maximum atomic E-state index is 11.4. The summed E-state index contributed by atoms with van der Waals surface area (Å²) in [6.07, 6.45) is 0.190. The molecule has 0 bridgehead atoms. The third kappa shape index (κ3) is 6.46. The molecular weight excluding hydrogens is 278 g/mol. The second-order valence-electron chi connectivity index (χ2n) is 4.65. The van der Waals surface area contributed by atoms with Crippen LogP contribution < -0.4 is 16.0 Å². The van der Waals surface area contributed by atoms with Crippen LogP contribution in [0.5, 0.6) is 0 Å². The van der Waals surface area contributed by atoms with Crippen molar-refractivity contribution in [2.75, 3.05) is 6.54 Å². The van der Waals surface area contributed by atoms with Crippen molar-refractivity contribution in [3.05, 3.63) is 23.7 Å². The SMILES string of the molecule is CC(C)NC(=O)CCNC(=O)NCc1ccc(C(=O)O)o1. The van der Waals surface area contributed by atoms with Crippen molar-refractivity contribution >= 4 is 17.9 Å². The molecule has 4 N–H and O–H groups in total. The van der Waals surface area contributed by atoms with Crippen LogP contribution in [0.3, 0.4) is 0 Å². The molecule has 1 heterocycles. The van der Waals surface area contributed by atoms with E-state index in [-0.39, 0.29) is 37.2 Å². The Labute approximate surface area is 121 Å². The highest BCUT2D eigenvalue weighted by Gasteiger charge is 2.10. The van der Waals surface area contributed by atoms with Gasteiger partial charge in [0.25, 0.3) is 0 Å². The van der Waals surface area contributed by atoms with E-state index in [1.165, 1.54) is 12.1 Å². The number of carboxylic acid groups (broad SMARTS) is 1. The van der Waals surface area contributed by atoms with Crippen LogP contribution in [0, 0.1) is 0 Å². The van der Waals surface area contributed by atoms with Crippen molar-refractivity contribution in [3.63, 3.8) is 0 Å². The molecule has 1 aromatic heterocycles. The molecule has 0 aliphatic rings. The summed E-state index contributed by atoms with van der Waals surface area (Å²) in [6.45, 7) is 3.99. The molecule has 0 aliphatic heterocycles. The Balaban J connectivity index is 2.21. The Kier molecular flexibility index (Phi) is 6.25. The van der Waals surface area contributed by atoms with Crippen molar-refractivity contribution < 1.29 is 23.9 Å². The highest BCUT2D eigenvalue weighted by molar-refractivity contribution is 5.84. The maximum Gasteiger partial charge on any atom is 0.371 e. The number of rotatable bonds is 7. The molecule has 21 heavy (non-hydrogen) atoms. The Hall–Kier alpha value is -2.51. The summed E-state index contributed by atoms with van der Waals surface area (Å²) in [4.78, 5) is 33.4. The topological polar surface area (TPSA) is 121 Å². The van der Waals surface area contributed by atoms with Gasteiger partial charge in [0.2, 0.25) is 11.7 Å². The Bertz CT molecular complexity index is 510. The lowest BCUT2D eigenvalue weighted by atomic mass is 10.3. The summed E-state index contributed by atoms with van der Waals surface area (Å²) >= 11 is 0. The fourth-order valence-electron chi connectivity index (χ4n) is 1.50. The largest absolute Gasteiger partial charge is 0.475 e. The maximum absolute atomic E-state index is 11.4. The molecule has 1 aromatic rings. The second-order valence-corrected chi connectivity index (χ2v) is 4.65. The number of hydrogen-bond acceptors (Lipinski definition) is 4. The molecule has 0 saturated heterocycles. The molecule has 0 atom stereocenters. The fourth-order valence-corrected chi connectivity index (χ4v) is 1.50. The molecule has 116 valence electrons. The van der Waals surface area contributed by atoms with Gasteiger partial charge in [0, 0.05) is 19.0 Å². The normalized spacial score (nSPS) is 10.2. The van der Waals surface area contributed by atoms with Crippen molar-refractivity contribution in [2.45, 2.75) is 32.9 Å². The summed E-state index contributed by atoms with van der Waals surface area (Å²) in [7, 11) is 0. The van der Waals surface area contributed by atoms with Crippen LogP contribution in [0.4, 0.5) is 4.79 Å². The molecule has 1 rings (SSSR count). The van der Waals surface area contributed by atoms with Crippen LogP contribution in [-0.2, 0) is 11.3 Å². The molecule has 0 unspecified atom stereocenters. The van der Waals surface area contributed by atoms with E-state index in [1.54, 1.807) is 0 Å². The van der Waals surface area contributed by atoms with E-state index < -0.39 is 12.0 Å². The van der Waals surface area contributed by atoms with E-state index in [0.717, 1.165) is 0 Å². The van der Waals surface area contributed by atoms with Gasteiger partial charge in [0.1, 0.15) is 5.76 Å². The second kappa shape index (κ2) is 7.93. The highest BCUT2D eigenvalue weighted by atomic mass is 16.4. The standard InChI is InChI=1S/C13H19N3O5/c1-8(2)16-11(17)5-6-14-13(20)15-7-9-3-4-10(21-9)12(18)19/h3-4,8H,5-7H2,1-2H3,(H,16,17)(H,18,19)(H2,14,15,20). The zero-order valence-corrected chi connectivity index (χ0v) is 11.9. The van der Waals surface area contributed by atoms with E-state index in [1.807, 2.05) is 13.8 Å². The minimum absolute atomic E-state index is 0.0636. The van der Waals surface area contributed by atoms with Crippen LogP contribution in [0.25, 0.3) is 0 Å². The third-order valence-electron chi connectivity index (χ3n) is 2.38. The van der Waals surface area contributed by atoms with Gasteiger partial charge in [-0.25, -0.2) is 9.59 Å². The third-order valence-corrected chi connectivity index (χ3v) is 2.38. The van der Waals surface area contributed by atoms with Gasteiger partial charge < -0.3 is 25.5 Å². The highest BCUT2D eigenvalue weighted by Crippen LogP contribution is 2.07. The number of amides is 3. The monoisotopic (exact) mass is 297 g/mol.